The highest BCUT2D eigenvalue weighted by molar-refractivity contribution is 6.30. The molecule has 36 heavy (non-hydrogen) atoms. The number of benzene rings is 2. The first-order valence-electron chi connectivity index (χ1n) is 10.6. The number of ether oxygens (including phenoxy) is 2. The van der Waals surface area contributed by atoms with Crippen molar-refractivity contribution in [1.82, 2.24) is 16.0 Å². The molecule has 0 saturated heterocycles. The molecule has 2 rings (SSSR count). The van der Waals surface area contributed by atoms with Crippen LogP contribution in [0.1, 0.15) is 24.9 Å². The van der Waals surface area contributed by atoms with Crippen LogP contribution in [0.4, 0.5) is 9.18 Å². The van der Waals surface area contributed by atoms with Gasteiger partial charge in [0.2, 0.25) is 5.91 Å². The van der Waals surface area contributed by atoms with E-state index < -0.39 is 30.5 Å². The van der Waals surface area contributed by atoms with Crippen LogP contribution in [-0.2, 0) is 14.3 Å². The standard InChI is InChI=1S/C12H13ClFNO2.C12H15ClN2O4/c1-3-8(2)15-12(16)7-17-9-4-5-10(13)11(14)6-9;1-14-12(18)19-7-10(15-11(17)6-16)8-2-4-9(13)5-3-8/h4-6H,2-3,7H2,1H3,(H,15,16);2-5,10,16H,6-7H2,1H3,(H,14,18)(H,15,17). The number of hydrogen-bond acceptors (Lipinski definition) is 6. The molecule has 0 radical (unpaired) electrons. The first-order valence-corrected chi connectivity index (χ1v) is 11.4. The lowest BCUT2D eigenvalue weighted by molar-refractivity contribution is -0.125. The highest BCUT2D eigenvalue weighted by Gasteiger charge is 2.16. The molecule has 0 heterocycles. The minimum absolute atomic E-state index is 0.0150. The third kappa shape index (κ3) is 11.9. The van der Waals surface area contributed by atoms with E-state index in [4.69, 9.17) is 37.8 Å². The van der Waals surface area contributed by atoms with Crippen LogP contribution in [0.15, 0.2) is 54.7 Å². The maximum Gasteiger partial charge on any atom is 0.406 e. The predicted octanol–water partition coefficient (Wildman–Crippen LogP) is 3.74. The third-order valence-electron chi connectivity index (χ3n) is 4.34. The summed E-state index contributed by atoms with van der Waals surface area (Å²) in [4.78, 5) is 33.6. The monoisotopic (exact) mass is 543 g/mol. The highest BCUT2D eigenvalue weighted by atomic mass is 35.5. The molecule has 0 fully saturated rings. The van der Waals surface area contributed by atoms with Gasteiger partial charge in [0.1, 0.15) is 24.8 Å². The molecule has 0 aromatic heterocycles. The molecule has 3 amide bonds. The van der Waals surface area contributed by atoms with Crippen molar-refractivity contribution in [2.75, 3.05) is 26.9 Å². The molecular weight excluding hydrogens is 516 g/mol. The first-order chi connectivity index (χ1) is 17.1. The molecule has 0 spiro atoms. The lowest BCUT2D eigenvalue weighted by Gasteiger charge is -2.18. The van der Waals surface area contributed by atoms with Crippen molar-refractivity contribution in [2.24, 2.45) is 0 Å². The van der Waals surface area contributed by atoms with Crippen LogP contribution in [0.3, 0.4) is 0 Å². The van der Waals surface area contributed by atoms with E-state index in [-0.39, 0.29) is 29.9 Å². The minimum atomic E-state index is -0.635. The number of carbonyl (C=O) groups is 3. The highest BCUT2D eigenvalue weighted by Crippen LogP contribution is 2.20. The van der Waals surface area contributed by atoms with Gasteiger partial charge in [0.25, 0.3) is 5.91 Å². The van der Waals surface area contributed by atoms with E-state index in [1.165, 1.54) is 19.2 Å². The minimum Gasteiger partial charge on any atom is -0.484 e. The number of carbonyl (C=O) groups excluding carboxylic acids is 3. The van der Waals surface area contributed by atoms with Gasteiger partial charge >= 0.3 is 6.09 Å². The predicted molar refractivity (Wildman–Crippen MR) is 134 cm³/mol. The second-order valence-electron chi connectivity index (χ2n) is 7.05. The summed E-state index contributed by atoms with van der Waals surface area (Å²) < 4.78 is 23.0. The number of aliphatic hydroxyl groups excluding tert-OH is 1. The second kappa shape index (κ2) is 16.4. The molecule has 0 bridgehead atoms. The van der Waals surface area contributed by atoms with Gasteiger partial charge < -0.3 is 30.5 Å². The fraction of sp³-hybridized carbons (Fsp3) is 0.292. The van der Waals surface area contributed by atoms with Crippen molar-refractivity contribution >= 4 is 41.1 Å². The number of amides is 3. The summed E-state index contributed by atoms with van der Waals surface area (Å²) in [7, 11) is 1.44. The first kappa shape index (κ1) is 30.7. The Bertz CT molecular complexity index is 1040. The zero-order chi connectivity index (χ0) is 27.1. The Hall–Kier alpha value is -3.34. The maximum atomic E-state index is 13.0. The lowest BCUT2D eigenvalue weighted by Crippen LogP contribution is -2.35. The van der Waals surface area contributed by atoms with Gasteiger partial charge in [0.15, 0.2) is 6.61 Å². The molecular formula is C24H28Cl2FN3O6. The molecule has 196 valence electrons. The largest absolute Gasteiger partial charge is 0.484 e. The van der Waals surface area contributed by atoms with E-state index in [0.717, 1.165) is 11.6 Å². The molecule has 0 aliphatic carbocycles. The number of aliphatic hydroxyl groups is 1. The number of halogens is 3. The molecule has 0 aliphatic heterocycles. The number of alkyl carbamates (subject to hydrolysis) is 1. The quantitative estimate of drug-likeness (QED) is 0.361. The van der Waals surface area contributed by atoms with Gasteiger partial charge in [-0.15, -0.1) is 0 Å². The van der Waals surface area contributed by atoms with Gasteiger partial charge in [-0.1, -0.05) is 48.8 Å². The summed E-state index contributed by atoms with van der Waals surface area (Å²) in [5.74, 6) is -1.21. The fourth-order valence-corrected chi connectivity index (χ4v) is 2.67. The maximum absolute atomic E-state index is 13.0. The zero-order valence-electron chi connectivity index (χ0n) is 19.8. The van der Waals surface area contributed by atoms with Crippen LogP contribution in [0.2, 0.25) is 10.0 Å². The summed E-state index contributed by atoms with van der Waals surface area (Å²) >= 11 is 11.3. The second-order valence-corrected chi connectivity index (χ2v) is 7.89. The third-order valence-corrected chi connectivity index (χ3v) is 4.90. The average Bonchev–Trinajstić information content (AvgIpc) is 2.87. The summed E-state index contributed by atoms with van der Waals surface area (Å²) in [6.45, 7) is 4.62. The van der Waals surface area contributed by atoms with Crippen LogP contribution in [-0.4, -0.2) is 49.9 Å². The lowest BCUT2D eigenvalue weighted by atomic mass is 10.1. The van der Waals surface area contributed by atoms with E-state index in [1.807, 2.05) is 6.92 Å². The Labute approximate surface area is 218 Å². The Kier molecular flexibility index (Phi) is 13.9. The van der Waals surface area contributed by atoms with Crippen LogP contribution in [0, 0.1) is 5.82 Å². The SMILES string of the molecule is C=C(CC)NC(=O)COc1ccc(Cl)c(F)c1.CNC(=O)OCC(NC(=O)CO)c1ccc(Cl)cc1. The topological polar surface area (TPSA) is 126 Å². The van der Waals surface area contributed by atoms with E-state index >= 15 is 0 Å². The molecule has 9 nitrogen and oxygen atoms in total. The van der Waals surface area contributed by atoms with E-state index in [9.17, 15) is 18.8 Å². The van der Waals surface area contributed by atoms with Crippen LogP contribution in [0.25, 0.3) is 0 Å². The average molecular weight is 544 g/mol. The summed E-state index contributed by atoms with van der Waals surface area (Å²) in [6.07, 6.45) is 0.0543. The van der Waals surface area contributed by atoms with Crippen molar-refractivity contribution in [2.45, 2.75) is 19.4 Å². The van der Waals surface area contributed by atoms with Gasteiger partial charge in [0.05, 0.1) is 11.1 Å². The normalized spacial score (nSPS) is 10.7. The van der Waals surface area contributed by atoms with Crippen molar-refractivity contribution in [3.8, 4) is 5.75 Å². The molecule has 12 heteroatoms. The fourth-order valence-electron chi connectivity index (χ4n) is 2.42. The van der Waals surface area contributed by atoms with Crippen molar-refractivity contribution in [3.63, 3.8) is 0 Å². The van der Waals surface area contributed by atoms with Crippen LogP contribution < -0.4 is 20.7 Å². The number of hydrogen-bond donors (Lipinski definition) is 4. The van der Waals surface area contributed by atoms with Gasteiger partial charge in [-0.3, -0.25) is 9.59 Å². The number of nitrogens with one attached hydrogen (secondary N) is 3. The Morgan fingerprint density at radius 2 is 1.78 bits per heavy atom. The van der Waals surface area contributed by atoms with Crippen LogP contribution >= 0.6 is 23.2 Å². The Balaban J connectivity index is 0.000000362. The summed E-state index contributed by atoms with van der Waals surface area (Å²) in [5.41, 5.74) is 1.33. The van der Waals surface area contributed by atoms with Crippen molar-refractivity contribution < 1.29 is 33.4 Å². The Morgan fingerprint density at radius 1 is 1.11 bits per heavy atom. The van der Waals surface area contributed by atoms with E-state index in [2.05, 4.69) is 22.5 Å². The van der Waals surface area contributed by atoms with Gasteiger partial charge in [-0.2, -0.15) is 0 Å². The van der Waals surface area contributed by atoms with Crippen molar-refractivity contribution in [1.29, 1.82) is 0 Å². The Morgan fingerprint density at radius 3 is 2.33 bits per heavy atom. The zero-order valence-corrected chi connectivity index (χ0v) is 21.3. The molecule has 0 aliphatic rings. The molecule has 4 N–H and O–H groups in total. The molecule has 1 atom stereocenters. The van der Waals surface area contributed by atoms with Crippen molar-refractivity contribution in [3.05, 3.63) is 76.2 Å². The van der Waals surface area contributed by atoms with E-state index in [1.54, 1.807) is 24.3 Å². The van der Waals surface area contributed by atoms with Gasteiger partial charge in [0, 0.05) is 23.8 Å². The molecule has 2 aromatic rings. The van der Waals surface area contributed by atoms with E-state index in [0.29, 0.717) is 17.1 Å². The summed E-state index contributed by atoms with van der Waals surface area (Å²) in [6, 6.07) is 10.2. The van der Waals surface area contributed by atoms with Gasteiger partial charge in [-0.05, 0) is 36.2 Å². The number of allylic oxidation sites excluding steroid dienone is 1. The molecule has 0 saturated carbocycles. The van der Waals surface area contributed by atoms with Crippen LogP contribution in [0.5, 0.6) is 5.75 Å². The molecule has 2 aromatic carbocycles. The van der Waals surface area contributed by atoms with Gasteiger partial charge in [-0.25, -0.2) is 9.18 Å². The molecule has 1 unspecified atom stereocenters. The summed E-state index contributed by atoms with van der Waals surface area (Å²) in [5, 5.41) is 16.7. The number of rotatable bonds is 10. The smallest absolute Gasteiger partial charge is 0.406 e.